The van der Waals surface area contributed by atoms with Gasteiger partial charge in [-0.25, -0.2) is 4.98 Å². The van der Waals surface area contributed by atoms with Crippen LogP contribution >= 0.6 is 0 Å². The Labute approximate surface area is 109 Å². The van der Waals surface area contributed by atoms with E-state index in [9.17, 15) is 0 Å². The lowest BCUT2D eigenvalue weighted by Crippen LogP contribution is -2.23. The third-order valence-electron chi connectivity index (χ3n) is 3.46. The molecule has 18 heavy (non-hydrogen) atoms. The van der Waals surface area contributed by atoms with E-state index in [2.05, 4.69) is 29.1 Å². The summed E-state index contributed by atoms with van der Waals surface area (Å²) in [4.78, 5) is 8.86. The average molecular weight is 249 g/mol. The molecule has 0 bridgehead atoms. The van der Waals surface area contributed by atoms with Crippen molar-refractivity contribution >= 4 is 5.95 Å². The number of hydrogen-bond acceptors (Lipinski definition) is 4. The van der Waals surface area contributed by atoms with E-state index in [4.69, 9.17) is 4.74 Å². The van der Waals surface area contributed by atoms with E-state index in [0.717, 1.165) is 12.1 Å². The van der Waals surface area contributed by atoms with E-state index < -0.39 is 0 Å². The first kappa shape index (κ1) is 13.1. The fourth-order valence-electron chi connectivity index (χ4n) is 2.41. The zero-order valence-electron chi connectivity index (χ0n) is 11.6. The Balaban J connectivity index is 2.05. The van der Waals surface area contributed by atoms with Crippen LogP contribution in [0.25, 0.3) is 0 Å². The van der Waals surface area contributed by atoms with Gasteiger partial charge in [0.25, 0.3) is 0 Å². The molecule has 0 saturated heterocycles. The highest BCUT2D eigenvalue weighted by atomic mass is 16.5. The van der Waals surface area contributed by atoms with E-state index in [0.29, 0.717) is 30.4 Å². The Morgan fingerprint density at radius 3 is 2.89 bits per heavy atom. The third-order valence-corrected chi connectivity index (χ3v) is 3.46. The van der Waals surface area contributed by atoms with Crippen molar-refractivity contribution in [3.63, 3.8) is 0 Å². The summed E-state index contributed by atoms with van der Waals surface area (Å²) in [7, 11) is 0. The summed E-state index contributed by atoms with van der Waals surface area (Å²) in [5, 5.41) is 3.45. The number of anilines is 1. The molecule has 0 amide bonds. The summed E-state index contributed by atoms with van der Waals surface area (Å²) >= 11 is 0. The fourth-order valence-corrected chi connectivity index (χ4v) is 2.41. The standard InChI is InChI=1S/C14H23N3O/c1-4-8-18-13-9-11(3)15-14(17-13)16-12-7-5-6-10(12)2/h9-10,12H,4-8H2,1-3H3,(H,15,16,17). The van der Waals surface area contributed by atoms with Gasteiger partial charge in [-0.3, -0.25) is 0 Å². The van der Waals surface area contributed by atoms with Crippen molar-refractivity contribution < 1.29 is 4.74 Å². The number of nitrogens with zero attached hydrogens (tertiary/aromatic N) is 2. The molecule has 1 aliphatic carbocycles. The van der Waals surface area contributed by atoms with Crippen molar-refractivity contribution in [2.45, 2.75) is 52.5 Å². The molecular formula is C14H23N3O. The quantitative estimate of drug-likeness (QED) is 0.870. The minimum Gasteiger partial charge on any atom is -0.478 e. The normalized spacial score (nSPS) is 23.1. The Kier molecular flexibility index (Phi) is 4.39. The molecule has 0 radical (unpaired) electrons. The maximum atomic E-state index is 5.58. The zero-order chi connectivity index (χ0) is 13.0. The molecule has 1 aromatic heterocycles. The number of hydrogen-bond donors (Lipinski definition) is 1. The summed E-state index contributed by atoms with van der Waals surface area (Å²) < 4.78 is 5.58. The van der Waals surface area contributed by atoms with Crippen LogP contribution < -0.4 is 10.1 Å². The molecule has 2 rings (SSSR count). The van der Waals surface area contributed by atoms with Gasteiger partial charge < -0.3 is 10.1 Å². The number of aromatic nitrogens is 2. The molecule has 2 atom stereocenters. The van der Waals surface area contributed by atoms with Crippen LogP contribution in [0.5, 0.6) is 5.88 Å². The first-order valence-electron chi connectivity index (χ1n) is 6.94. The van der Waals surface area contributed by atoms with Crippen LogP contribution in [-0.2, 0) is 0 Å². The highest BCUT2D eigenvalue weighted by Crippen LogP contribution is 2.27. The topological polar surface area (TPSA) is 47.0 Å². The van der Waals surface area contributed by atoms with Crippen LogP contribution in [0.1, 0.15) is 45.2 Å². The summed E-state index contributed by atoms with van der Waals surface area (Å²) in [5.41, 5.74) is 0.948. The van der Waals surface area contributed by atoms with Crippen molar-refractivity contribution in [1.29, 1.82) is 0 Å². The first-order chi connectivity index (χ1) is 8.69. The van der Waals surface area contributed by atoms with E-state index in [1.54, 1.807) is 0 Å². The second-order valence-corrected chi connectivity index (χ2v) is 5.18. The van der Waals surface area contributed by atoms with Gasteiger partial charge in [0.15, 0.2) is 0 Å². The van der Waals surface area contributed by atoms with Crippen LogP contribution in [0.3, 0.4) is 0 Å². The van der Waals surface area contributed by atoms with E-state index in [-0.39, 0.29) is 0 Å². The summed E-state index contributed by atoms with van der Waals surface area (Å²) in [6, 6.07) is 2.39. The molecule has 1 aliphatic rings. The summed E-state index contributed by atoms with van der Waals surface area (Å²) in [5.74, 6) is 2.09. The van der Waals surface area contributed by atoms with Gasteiger partial charge in [0.2, 0.25) is 11.8 Å². The Morgan fingerprint density at radius 2 is 2.22 bits per heavy atom. The Bertz CT molecular complexity index is 395. The fraction of sp³-hybridized carbons (Fsp3) is 0.714. The summed E-state index contributed by atoms with van der Waals surface area (Å²) in [6.07, 6.45) is 4.79. The lowest BCUT2D eigenvalue weighted by molar-refractivity contribution is 0.304. The van der Waals surface area contributed by atoms with Crippen molar-refractivity contribution in [3.05, 3.63) is 11.8 Å². The molecule has 1 N–H and O–H groups in total. The molecule has 4 heteroatoms. The first-order valence-corrected chi connectivity index (χ1v) is 6.94. The predicted molar refractivity (Wildman–Crippen MR) is 73.0 cm³/mol. The molecule has 1 heterocycles. The van der Waals surface area contributed by atoms with Gasteiger partial charge >= 0.3 is 0 Å². The number of rotatable bonds is 5. The lowest BCUT2D eigenvalue weighted by atomic mass is 10.1. The van der Waals surface area contributed by atoms with Crippen molar-refractivity contribution in [2.75, 3.05) is 11.9 Å². The van der Waals surface area contributed by atoms with Crippen molar-refractivity contribution in [3.8, 4) is 5.88 Å². The molecule has 0 spiro atoms. The second-order valence-electron chi connectivity index (χ2n) is 5.18. The van der Waals surface area contributed by atoms with Gasteiger partial charge in [0, 0.05) is 17.8 Å². The molecule has 0 aromatic carbocycles. The molecule has 1 aromatic rings. The Morgan fingerprint density at radius 1 is 1.39 bits per heavy atom. The molecule has 2 unspecified atom stereocenters. The summed E-state index contributed by atoms with van der Waals surface area (Å²) in [6.45, 7) is 7.06. The van der Waals surface area contributed by atoms with E-state index in [1.807, 2.05) is 13.0 Å². The molecular weight excluding hydrogens is 226 g/mol. The zero-order valence-corrected chi connectivity index (χ0v) is 11.6. The number of nitrogens with one attached hydrogen (secondary N) is 1. The molecule has 100 valence electrons. The minimum atomic E-state index is 0.505. The van der Waals surface area contributed by atoms with Crippen molar-refractivity contribution in [2.24, 2.45) is 5.92 Å². The third kappa shape index (κ3) is 3.34. The smallest absolute Gasteiger partial charge is 0.226 e. The van der Waals surface area contributed by atoms with Crippen LogP contribution in [-0.4, -0.2) is 22.6 Å². The SMILES string of the molecule is CCCOc1cc(C)nc(NC2CCCC2C)n1. The van der Waals surface area contributed by atoms with Gasteiger partial charge in [0.05, 0.1) is 6.61 Å². The molecule has 0 aliphatic heterocycles. The van der Waals surface area contributed by atoms with Gasteiger partial charge in [-0.15, -0.1) is 0 Å². The minimum absolute atomic E-state index is 0.505. The monoisotopic (exact) mass is 249 g/mol. The van der Waals surface area contributed by atoms with Crippen LogP contribution in [0.4, 0.5) is 5.95 Å². The van der Waals surface area contributed by atoms with Gasteiger partial charge in [-0.2, -0.15) is 4.98 Å². The van der Waals surface area contributed by atoms with E-state index in [1.165, 1.54) is 19.3 Å². The predicted octanol–water partition coefficient (Wildman–Crippen LogP) is 3.17. The largest absolute Gasteiger partial charge is 0.478 e. The Hall–Kier alpha value is -1.32. The lowest BCUT2D eigenvalue weighted by Gasteiger charge is -2.17. The highest BCUT2D eigenvalue weighted by Gasteiger charge is 2.23. The molecule has 4 nitrogen and oxygen atoms in total. The maximum absolute atomic E-state index is 5.58. The van der Waals surface area contributed by atoms with Gasteiger partial charge in [-0.1, -0.05) is 20.3 Å². The van der Waals surface area contributed by atoms with Gasteiger partial charge in [-0.05, 0) is 32.1 Å². The molecule has 1 fully saturated rings. The van der Waals surface area contributed by atoms with Gasteiger partial charge in [0.1, 0.15) is 0 Å². The van der Waals surface area contributed by atoms with E-state index >= 15 is 0 Å². The van der Waals surface area contributed by atoms with Crippen LogP contribution in [0.2, 0.25) is 0 Å². The van der Waals surface area contributed by atoms with Crippen LogP contribution in [0, 0.1) is 12.8 Å². The number of ether oxygens (including phenoxy) is 1. The second kappa shape index (κ2) is 6.03. The average Bonchev–Trinajstić information content (AvgIpc) is 2.72. The van der Waals surface area contributed by atoms with Crippen LogP contribution in [0.15, 0.2) is 6.07 Å². The number of aryl methyl sites for hydroxylation is 1. The maximum Gasteiger partial charge on any atom is 0.226 e. The molecule has 1 saturated carbocycles. The highest BCUT2D eigenvalue weighted by molar-refractivity contribution is 5.32. The van der Waals surface area contributed by atoms with Crippen molar-refractivity contribution in [1.82, 2.24) is 9.97 Å².